The molecule has 0 spiro atoms. The molecule has 5 nitrogen and oxygen atoms in total. The average Bonchev–Trinajstić information content (AvgIpc) is 3.08. The highest BCUT2D eigenvalue weighted by Gasteiger charge is 2.16. The molecule has 0 aliphatic rings. The molecule has 0 bridgehead atoms. The standard InChI is InChI=1S/C19H15FN4OS/c1-10-6-16(25-19-18-15(4-5-26-18)23-9-24-19)14(20)7-13(10)17-11(2)21-8-22-12(17)3/h4-9H,1-3H3. The Morgan fingerprint density at radius 2 is 1.69 bits per heavy atom. The van der Waals surface area contributed by atoms with Gasteiger partial charge in [-0.15, -0.1) is 11.3 Å². The minimum absolute atomic E-state index is 0.131. The molecule has 3 aromatic heterocycles. The zero-order chi connectivity index (χ0) is 18.3. The van der Waals surface area contributed by atoms with Crippen LogP contribution in [0.15, 0.2) is 36.2 Å². The minimum atomic E-state index is -0.462. The SMILES string of the molecule is Cc1cc(Oc2ncnc3ccsc23)c(F)cc1-c1c(C)ncnc1C. The number of fused-ring (bicyclic) bond motifs is 1. The summed E-state index contributed by atoms with van der Waals surface area (Å²) in [4.78, 5) is 16.8. The van der Waals surface area contributed by atoms with Crippen LogP contribution in [0.2, 0.25) is 0 Å². The number of hydrogen-bond donors (Lipinski definition) is 0. The second-order valence-corrected chi connectivity index (χ2v) is 6.85. The van der Waals surface area contributed by atoms with Crippen molar-refractivity contribution in [2.24, 2.45) is 0 Å². The zero-order valence-electron chi connectivity index (χ0n) is 14.4. The smallest absolute Gasteiger partial charge is 0.240 e. The van der Waals surface area contributed by atoms with Crippen LogP contribution < -0.4 is 4.74 Å². The van der Waals surface area contributed by atoms with Gasteiger partial charge < -0.3 is 4.74 Å². The van der Waals surface area contributed by atoms with Crippen molar-refractivity contribution in [1.82, 2.24) is 19.9 Å². The van der Waals surface area contributed by atoms with E-state index in [2.05, 4.69) is 19.9 Å². The maximum absolute atomic E-state index is 14.8. The van der Waals surface area contributed by atoms with E-state index in [1.807, 2.05) is 32.2 Å². The third kappa shape index (κ3) is 2.80. The lowest BCUT2D eigenvalue weighted by Gasteiger charge is -2.14. The lowest BCUT2D eigenvalue weighted by Crippen LogP contribution is -1.99. The van der Waals surface area contributed by atoms with Crippen LogP contribution in [-0.2, 0) is 0 Å². The fourth-order valence-electron chi connectivity index (χ4n) is 2.93. The predicted molar refractivity (Wildman–Crippen MR) is 99.1 cm³/mol. The Balaban J connectivity index is 1.78. The van der Waals surface area contributed by atoms with Crippen molar-refractivity contribution in [3.63, 3.8) is 0 Å². The van der Waals surface area contributed by atoms with E-state index in [1.165, 1.54) is 30.1 Å². The summed E-state index contributed by atoms with van der Waals surface area (Å²) in [6.45, 7) is 5.69. The summed E-state index contributed by atoms with van der Waals surface area (Å²) in [5.74, 6) is 0.0230. The van der Waals surface area contributed by atoms with E-state index < -0.39 is 5.82 Å². The van der Waals surface area contributed by atoms with Crippen LogP contribution in [0.3, 0.4) is 0 Å². The summed E-state index contributed by atoms with van der Waals surface area (Å²) >= 11 is 1.46. The summed E-state index contributed by atoms with van der Waals surface area (Å²) in [6.07, 6.45) is 2.93. The fraction of sp³-hybridized carbons (Fsp3) is 0.158. The molecule has 1 aromatic carbocycles. The van der Waals surface area contributed by atoms with Gasteiger partial charge in [0.25, 0.3) is 0 Å². The third-order valence-electron chi connectivity index (χ3n) is 4.19. The Labute approximate surface area is 153 Å². The monoisotopic (exact) mass is 366 g/mol. The molecule has 0 fully saturated rings. The number of halogens is 1. The second kappa shape index (κ2) is 6.42. The lowest BCUT2D eigenvalue weighted by atomic mass is 9.97. The Morgan fingerprint density at radius 1 is 0.962 bits per heavy atom. The van der Waals surface area contributed by atoms with Crippen molar-refractivity contribution < 1.29 is 9.13 Å². The molecular weight excluding hydrogens is 351 g/mol. The highest BCUT2D eigenvalue weighted by atomic mass is 32.1. The molecule has 3 heterocycles. The van der Waals surface area contributed by atoms with Gasteiger partial charge in [0.15, 0.2) is 11.6 Å². The van der Waals surface area contributed by atoms with Crippen LogP contribution in [0.4, 0.5) is 4.39 Å². The van der Waals surface area contributed by atoms with Crippen molar-refractivity contribution >= 4 is 21.6 Å². The molecule has 0 atom stereocenters. The molecule has 0 N–H and O–H groups in total. The predicted octanol–water partition coefficient (Wildman–Crippen LogP) is 5.00. The van der Waals surface area contributed by atoms with E-state index in [0.29, 0.717) is 5.88 Å². The van der Waals surface area contributed by atoms with Crippen LogP contribution in [0.1, 0.15) is 17.0 Å². The van der Waals surface area contributed by atoms with E-state index >= 15 is 0 Å². The first kappa shape index (κ1) is 16.5. The largest absolute Gasteiger partial charge is 0.434 e. The van der Waals surface area contributed by atoms with E-state index in [-0.39, 0.29) is 5.75 Å². The summed E-state index contributed by atoms with van der Waals surface area (Å²) in [7, 11) is 0. The number of nitrogens with zero attached hydrogens (tertiary/aromatic N) is 4. The number of aromatic nitrogens is 4. The molecule has 7 heteroatoms. The molecule has 4 aromatic rings. The zero-order valence-corrected chi connectivity index (χ0v) is 15.3. The number of ether oxygens (including phenoxy) is 1. The molecule has 0 aliphatic heterocycles. The summed E-state index contributed by atoms with van der Waals surface area (Å²) in [6, 6.07) is 5.02. The average molecular weight is 366 g/mol. The fourth-order valence-corrected chi connectivity index (χ4v) is 3.70. The first-order valence-electron chi connectivity index (χ1n) is 7.99. The molecule has 0 unspecified atom stereocenters. The first-order valence-corrected chi connectivity index (χ1v) is 8.87. The Morgan fingerprint density at radius 3 is 2.46 bits per heavy atom. The first-order chi connectivity index (χ1) is 12.5. The van der Waals surface area contributed by atoms with Gasteiger partial charge in [-0.05, 0) is 55.5 Å². The molecular formula is C19H15FN4OS. The highest BCUT2D eigenvalue weighted by molar-refractivity contribution is 7.17. The number of aryl methyl sites for hydroxylation is 3. The van der Waals surface area contributed by atoms with Crippen LogP contribution in [0, 0.1) is 26.6 Å². The molecule has 0 aliphatic carbocycles. The summed E-state index contributed by atoms with van der Waals surface area (Å²) < 4.78 is 21.3. The lowest BCUT2D eigenvalue weighted by molar-refractivity contribution is 0.432. The quantitative estimate of drug-likeness (QED) is 0.510. The van der Waals surface area contributed by atoms with E-state index in [1.54, 1.807) is 6.07 Å². The molecule has 26 heavy (non-hydrogen) atoms. The van der Waals surface area contributed by atoms with Gasteiger partial charge in [0.05, 0.1) is 5.52 Å². The third-order valence-corrected chi connectivity index (χ3v) is 5.08. The molecule has 0 amide bonds. The van der Waals surface area contributed by atoms with Crippen LogP contribution in [0.5, 0.6) is 11.6 Å². The van der Waals surface area contributed by atoms with Gasteiger partial charge in [0.1, 0.15) is 17.4 Å². The van der Waals surface area contributed by atoms with Crippen LogP contribution in [-0.4, -0.2) is 19.9 Å². The van der Waals surface area contributed by atoms with Crippen molar-refractivity contribution in [2.45, 2.75) is 20.8 Å². The number of rotatable bonds is 3. The summed E-state index contributed by atoms with van der Waals surface area (Å²) in [5, 5.41) is 1.90. The van der Waals surface area contributed by atoms with Crippen molar-refractivity contribution in [2.75, 3.05) is 0 Å². The van der Waals surface area contributed by atoms with Crippen LogP contribution in [0.25, 0.3) is 21.3 Å². The van der Waals surface area contributed by atoms with Crippen molar-refractivity contribution in [3.05, 3.63) is 59.0 Å². The maximum Gasteiger partial charge on any atom is 0.240 e. The van der Waals surface area contributed by atoms with Crippen molar-refractivity contribution in [3.8, 4) is 22.8 Å². The second-order valence-electron chi connectivity index (χ2n) is 5.93. The molecule has 0 saturated heterocycles. The van der Waals surface area contributed by atoms with Gasteiger partial charge in [0, 0.05) is 17.0 Å². The van der Waals surface area contributed by atoms with E-state index in [4.69, 9.17) is 4.74 Å². The van der Waals surface area contributed by atoms with Gasteiger partial charge in [-0.1, -0.05) is 0 Å². The Bertz CT molecular complexity index is 1110. The molecule has 0 radical (unpaired) electrons. The van der Waals surface area contributed by atoms with Gasteiger partial charge in [-0.2, -0.15) is 0 Å². The van der Waals surface area contributed by atoms with Gasteiger partial charge in [-0.3, -0.25) is 0 Å². The van der Waals surface area contributed by atoms with Gasteiger partial charge in [0.2, 0.25) is 5.88 Å². The number of thiophene rings is 1. The number of benzene rings is 1. The van der Waals surface area contributed by atoms with Gasteiger partial charge >= 0.3 is 0 Å². The van der Waals surface area contributed by atoms with E-state index in [0.717, 1.165) is 38.3 Å². The maximum atomic E-state index is 14.8. The topological polar surface area (TPSA) is 60.8 Å². The van der Waals surface area contributed by atoms with Crippen molar-refractivity contribution in [1.29, 1.82) is 0 Å². The Hall–Kier alpha value is -2.93. The Kier molecular flexibility index (Phi) is 4.08. The van der Waals surface area contributed by atoms with Crippen LogP contribution >= 0.6 is 11.3 Å². The van der Waals surface area contributed by atoms with E-state index in [9.17, 15) is 4.39 Å². The molecule has 130 valence electrons. The highest BCUT2D eigenvalue weighted by Crippen LogP contribution is 2.36. The molecule has 0 saturated carbocycles. The normalized spacial score (nSPS) is 11.1. The van der Waals surface area contributed by atoms with Gasteiger partial charge in [-0.25, -0.2) is 24.3 Å². The minimum Gasteiger partial charge on any atom is -0.434 e. The molecule has 4 rings (SSSR count). The summed E-state index contributed by atoms with van der Waals surface area (Å²) in [5.41, 5.74) is 4.88. The number of hydrogen-bond acceptors (Lipinski definition) is 6.